The minimum Gasteiger partial charge on any atom is -0.351 e. The Balaban J connectivity index is 1.61. The number of hydrogen-bond acceptors (Lipinski definition) is 5. The molecular weight excluding hydrogens is 466 g/mol. The Morgan fingerprint density at radius 2 is 1.97 bits per heavy atom. The number of aliphatic imine (C=N–C) groups is 1. The van der Waals surface area contributed by atoms with Crippen LogP contribution in [0, 0.1) is 5.92 Å². The summed E-state index contributed by atoms with van der Waals surface area (Å²) in [5, 5.41) is 3.17. The van der Waals surface area contributed by atoms with E-state index < -0.39 is 12.2 Å². The van der Waals surface area contributed by atoms with E-state index in [1.165, 1.54) is 11.3 Å². The molecule has 0 unspecified atom stereocenters. The topological polar surface area (TPSA) is 120 Å². The lowest BCUT2D eigenvalue weighted by Gasteiger charge is -2.30. The van der Waals surface area contributed by atoms with E-state index in [0.717, 1.165) is 49.1 Å². The van der Waals surface area contributed by atoms with Crippen LogP contribution in [0.2, 0.25) is 0 Å². The highest BCUT2D eigenvalue weighted by molar-refractivity contribution is 6.15. The summed E-state index contributed by atoms with van der Waals surface area (Å²) >= 11 is 0. The van der Waals surface area contributed by atoms with E-state index in [2.05, 4.69) is 15.3 Å². The number of primary amides is 1. The number of benzene rings is 2. The molecule has 0 bridgehead atoms. The Kier molecular flexibility index (Phi) is 7.20. The van der Waals surface area contributed by atoms with Crippen LogP contribution in [0.5, 0.6) is 0 Å². The van der Waals surface area contributed by atoms with Gasteiger partial charge in [-0.25, -0.2) is 9.78 Å². The molecule has 1 aliphatic heterocycles. The first-order valence-electron chi connectivity index (χ1n) is 13.0. The molecule has 9 nitrogen and oxygen atoms in total. The minimum absolute atomic E-state index is 0.230. The van der Waals surface area contributed by atoms with Gasteiger partial charge in [-0.05, 0) is 43.5 Å². The number of anilines is 4. The molecule has 0 spiro atoms. The zero-order chi connectivity index (χ0) is 25.8. The quantitative estimate of drug-likeness (QED) is 0.414. The normalized spacial score (nSPS) is 18.1. The number of fused-ring (bicyclic) bond motifs is 1. The van der Waals surface area contributed by atoms with Gasteiger partial charge in [0.2, 0.25) is 12.1 Å². The van der Waals surface area contributed by atoms with Gasteiger partial charge in [-0.15, -0.1) is 0 Å². The van der Waals surface area contributed by atoms with Crippen LogP contribution in [-0.4, -0.2) is 40.3 Å². The number of nitrogens with one attached hydrogen (secondary N) is 2. The number of carbonyl (C=O) groups excluding carboxylic acids is 2. The monoisotopic (exact) mass is 499 g/mol. The molecule has 37 heavy (non-hydrogen) atoms. The Morgan fingerprint density at radius 1 is 1.16 bits per heavy atom. The third-order valence-corrected chi connectivity index (χ3v) is 7.03. The second kappa shape index (κ2) is 10.9. The van der Waals surface area contributed by atoms with Crippen molar-refractivity contribution in [3.63, 3.8) is 0 Å². The summed E-state index contributed by atoms with van der Waals surface area (Å²) < 4.78 is 0. The van der Waals surface area contributed by atoms with E-state index in [1.807, 2.05) is 43.3 Å². The van der Waals surface area contributed by atoms with Crippen molar-refractivity contribution in [3.05, 3.63) is 66.5 Å². The SMILES string of the molecule is CCCN1C(=O)[C@@H](N(C(N)=O)c2cccc(Nc3ncc[nH]3)c2)N=C(C2CCCCC2)c2ccccc21. The van der Waals surface area contributed by atoms with Crippen molar-refractivity contribution in [2.45, 2.75) is 51.6 Å². The number of amides is 3. The smallest absolute Gasteiger partial charge is 0.321 e. The van der Waals surface area contributed by atoms with Gasteiger partial charge in [0.05, 0.1) is 17.1 Å². The van der Waals surface area contributed by atoms with Crippen LogP contribution in [0.1, 0.15) is 51.0 Å². The zero-order valence-corrected chi connectivity index (χ0v) is 21.1. The third-order valence-electron chi connectivity index (χ3n) is 7.03. The molecule has 3 amide bonds. The Hall–Kier alpha value is -4.14. The summed E-state index contributed by atoms with van der Waals surface area (Å²) in [5.74, 6) is 0.534. The molecule has 0 radical (unpaired) electrons. The first-order chi connectivity index (χ1) is 18.1. The summed E-state index contributed by atoms with van der Waals surface area (Å²) in [7, 11) is 0. The van der Waals surface area contributed by atoms with Crippen molar-refractivity contribution in [3.8, 4) is 0 Å². The molecule has 2 aromatic carbocycles. The van der Waals surface area contributed by atoms with Gasteiger partial charge in [0.15, 0.2) is 0 Å². The van der Waals surface area contributed by atoms with Gasteiger partial charge < -0.3 is 20.9 Å². The number of carbonyl (C=O) groups is 2. The standard InChI is InChI=1S/C28H33N7O2/c1-2-17-34-23-14-7-6-13-22(23)24(19-9-4-3-5-10-19)33-25(26(34)36)35(27(29)37)21-12-8-11-20(18-21)32-28-30-15-16-31-28/h6-8,11-16,18-19,25H,2-5,9-10,17H2,1H3,(H2,29,37)(H2,30,31,32)/t25-/m1/s1. The number of para-hydroxylation sites is 1. The van der Waals surface area contributed by atoms with E-state index in [4.69, 9.17) is 10.7 Å². The van der Waals surface area contributed by atoms with Crippen LogP contribution in [0.25, 0.3) is 0 Å². The summed E-state index contributed by atoms with van der Waals surface area (Å²) in [6.45, 7) is 2.56. The number of benzodiazepines with no additional fused rings is 1. The largest absolute Gasteiger partial charge is 0.351 e. The molecule has 1 saturated carbocycles. The number of rotatable bonds is 7. The van der Waals surface area contributed by atoms with E-state index in [0.29, 0.717) is 23.9 Å². The van der Waals surface area contributed by atoms with Crippen LogP contribution in [-0.2, 0) is 4.79 Å². The average Bonchev–Trinajstić information content (AvgIpc) is 3.39. The van der Waals surface area contributed by atoms with Gasteiger partial charge in [0, 0.05) is 36.1 Å². The second-order valence-electron chi connectivity index (χ2n) is 9.55. The maximum Gasteiger partial charge on any atom is 0.321 e. The number of hydrogen-bond donors (Lipinski definition) is 3. The Labute approximate surface area is 216 Å². The number of H-pyrrole nitrogens is 1. The molecule has 1 fully saturated rings. The Morgan fingerprint density at radius 3 is 2.70 bits per heavy atom. The van der Waals surface area contributed by atoms with Gasteiger partial charge in [-0.1, -0.05) is 50.5 Å². The predicted octanol–water partition coefficient (Wildman–Crippen LogP) is 5.19. The van der Waals surface area contributed by atoms with E-state index in [1.54, 1.807) is 29.4 Å². The fourth-order valence-corrected chi connectivity index (χ4v) is 5.36. The molecule has 2 heterocycles. The maximum atomic E-state index is 14.1. The molecule has 1 aromatic heterocycles. The van der Waals surface area contributed by atoms with Crippen molar-refractivity contribution in [2.75, 3.05) is 21.7 Å². The minimum atomic E-state index is -1.10. The van der Waals surface area contributed by atoms with Crippen LogP contribution in [0.4, 0.5) is 27.8 Å². The molecule has 1 atom stereocenters. The molecule has 0 saturated heterocycles. The second-order valence-corrected chi connectivity index (χ2v) is 9.55. The van der Waals surface area contributed by atoms with Crippen LogP contribution >= 0.6 is 0 Å². The lowest BCUT2D eigenvalue weighted by Crippen LogP contribution is -2.52. The maximum absolute atomic E-state index is 14.1. The molecule has 2 aliphatic rings. The molecule has 1 aliphatic carbocycles. The number of aromatic nitrogens is 2. The predicted molar refractivity (Wildman–Crippen MR) is 146 cm³/mol. The highest BCUT2D eigenvalue weighted by Gasteiger charge is 2.39. The summed E-state index contributed by atoms with van der Waals surface area (Å²) in [6.07, 6.45) is 8.52. The lowest BCUT2D eigenvalue weighted by molar-refractivity contribution is -0.119. The van der Waals surface area contributed by atoms with Crippen molar-refractivity contribution < 1.29 is 9.59 Å². The number of urea groups is 1. The van der Waals surface area contributed by atoms with Crippen molar-refractivity contribution >= 4 is 40.7 Å². The van der Waals surface area contributed by atoms with E-state index in [9.17, 15) is 9.59 Å². The number of imidazole rings is 1. The summed E-state index contributed by atoms with van der Waals surface area (Å²) in [5.41, 5.74) is 9.84. The summed E-state index contributed by atoms with van der Waals surface area (Å²) in [4.78, 5) is 42.4. The van der Waals surface area contributed by atoms with E-state index >= 15 is 0 Å². The molecule has 5 rings (SSSR count). The van der Waals surface area contributed by atoms with Crippen LogP contribution in [0.15, 0.2) is 65.9 Å². The van der Waals surface area contributed by atoms with Gasteiger partial charge in [-0.2, -0.15) is 0 Å². The van der Waals surface area contributed by atoms with E-state index in [-0.39, 0.29) is 11.8 Å². The first kappa shape index (κ1) is 24.5. The lowest BCUT2D eigenvalue weighted by atomic mass is 9.82. The van der Waals surface area contributed by atoms with Gasteiger partial charge in [-0.3, -0.25) is 14.7 Å². The molecular formula is C28H33N7O2. The average molecular weight is 500 g/mol. The van der Waals surface area contributed by atoms with Gasteiger partial charge >= 0.3 is 6.03 Å². The summed E-state index contributed by atoms with van der Waals surface area (Å²) in [6, 6.07) is 14.4. The number of nitrogens with two attached hydrogens (primary N) is 1. The molecule has 3 aromatic rings. The van der Waals surface area contributed by atoms with Crippen molar-refractivity contribution in [1.29, 1.82) is 0 Å². The van der Waals surface area contributed by atoms with Crippen molar-refractivity contribution in [2.24, 2.45) is 16.6 Å². The third kappa shape index (κ3) is 5.07. The fraction of sp³-hybridized carbons (Fsp3) is 0.357. The number of nitrogens with zero attached hydrogens (tertiary/aromatic N) is 4. The van der Waals surface area contributed by atoms with Crippen molar-refractivity contribution in [1.82, 2.24) is 9.97 Å². The molecule has 9 heteroatoms. The molecule has 192 valence electrons. The van der Waals surface area contributed by atoms with Gasteiger partial charge in [0.1, 0.15) is 0 Å². The number of aromatic amines is 1. The fourth-order valence-electron chi connectivity index (χ4n) is 5.36. The van der Waals surface area contributed by atoms with Crippen LogP contribution < -0.4 is 20.9 Å². The Bertz CT molecular complexity index is 1280. The molecule has 4 N–H and O–H groups in total. The van der Waals surface area contributed by atoms with Crippen LogP contribution in [0.3, 0.4) is 0 Å². The first-order valence-corrected chi connectivity index (χ1v) is 13.0. The highest BCUT2D eigenvalue weighted by atomic mass is 16.2. The van der Waals surface area contributed by atoms with Gasteiger partial charge in [0.25, 0.3) is 5.91 Å². The zero-order valence-electron chi connectivity index (χ0n) is 21.1. The highest BCUT2D eigenvalue weighted by Crippen LogP contribution is 2.35.